The van der Waals surface area contributed by atoms with E-state index < -0.39 is 21.5 Å². The van der Waals surface area contributed by atoms with Crippen molar-refractivity contribution in [2.45, 2.75) is 37.1 Å². The maximum atomic E-state index is 12.7. The molecular weight excluding hydrogens is 330 g/mol. The molecule has 3 rings (SSSR count). The molecule has 1 fully saturated rings. The van der Waals surface area contributed by atoms with Gasteiger partial charge in [-0.3, -0.25) is 9.48 Å². The summed E-state index contributed by atoms with van der Waals surface area (Å²) in [7, 11) is -2.64. The molecule has 0 unspecified atom stereocenters. The Balaban J connectivity index is 1.94. The molecule has 1 aliphatic carbocycles. The predicted molar refractivity (Wildman–Crippen MR) is 87.2 cm³/mol. The van der Waals surface area contributed by atoms with Crippen LogP contribution in [0.25, 0.3) is 0 Å². The summed E-state index contributed by atoms with van der Waals surface area (Å²) in [6.45, 7) is 3.55. The van der Waals surface area contributed by atoms with Crippen molar-refractivity contribution in [3.63, 3.8) is 0 Å². The first-order chi connectivity index (χ1) is 11.3. The third-order valence-electron chi connectivity index (χ3n) is 4.19. The van der Waals surface area contributed by atoms with Gasteiger partial charge in [0.05, 0.1) is 7.11 Å². The minimum Gasteiger partial charge on any atom is -0.495 e. The van der Waals surface area contributed by atoms with Gasteiger partial charge in [-0.25, -0.2) is 13.1 Å². The molecule has 8 heteroatoms. The first kappa shape index (κ1) is 16.5. The molecule has 0 atom stereocenters. The van der Waals surface area contributed by atoms with Crippen molar-refractivity contribution in [2.75, 3.05) is 7.11 Å². The van der Waals surface area contributed by atoms with Crippen molar-refractivity contribution in [3.8, 4) is 5.75 Å². The number of rotatable bonds is 5. The van der Waals surface area contributed by atoms with E-state index in [9.17, 15) is 13.2 Å². The molecule has 2 aromatic rings. The van der Waals surface area contributed by atoms with Gasteiger partial charge in [0.25, 0.3) is 15.9 Å². The van der Waals surface area contributed by atoms with Gasteiger partial charge in [0.15, 0.2) is 0 Å². The number of carbonyl (C=O) groups excluding carboxylic acids is 1. The molecule has 128 valence electrons. The van der Waals surface area contributed by atoms with E-state index in [0.717, 1.165) is 5.56 Å². The van der Waals surface area contributed by atoms with E-state index in [2.05, 4.69) is 9.82 Å². The Kier molecular flexibility index (Phi) is 3.87. The van der Waals surface area contributed by atoms with Gasteiger partial charge in [0, 0.05) is 12.4 Å². The summed E-state index contributed by atoms with van der Waals surface area (Å²) in [5, 5.41) is 4.07. The van der Waals surface area contributed by atoms with E-state index in [-0.39, 0.29) is 10.6 Å². The van der Waals surface area contributed by atoms with Crippen LogP contribution in [0.15, 0.2) is 35.5 Å². The summed E-state index contributed by atoms with van der Waals surface area (Å²) >= 11 is 0. The topological polar surface area (TPSA) is 90.3 Å². The number of benzene rings is 1. The summed E-state index contributed by atoms with van der Waals surface area (Å²) in [6.07, 6.45) is 4.34. The second-order valence-corrected chi connectivity index (χ2v) is 7.68. The third-order valence-corrected chi connectivity index (χ3v) is 5.53. The van der Waals surface area contributed by atoms with Crippen LogP contribution in [-0.4, -0.2) is 31.2 Å². The number of aryl methyl sites for hydroxylation is 2. The molecule has 1 N–H and O–H groups in total. The lowest BCUT2D eigenvalue weighted by Crippen LogP contribution is -2.42. The third kappa shape index (κ3) is 2.66. The van der Waals surface area contributed by atoms with Gasteiger partial charge in [0.2, 0.25) is 0 Å². The molecule has 0 bridgehead atoms. The highest BCUT2D eigenvalue weighted by Gasteiger charge is 2.53. The molecule has 7 nitrogen and oxygen atoms in total. The Morgan fingerprint density at radius 3 is 2.58 bits per heavy atom. The maximum Gasteiger partial charge on any atom is 0.267 e. The van der Waals surface area contributed by atoms with Gasteiger partial charge in [-0.05, 0) is 49.9 Å². The van der Waals surface area contributed by atoms with Crippen molar-refractivity contribution in [3.05, 3.63) is 41.7 Å². The minimum atomic E-state index is -4.05. The Morgan fingerprint density at radius 1 is 1.33 bits per heavy atom. The van der Waals surface area contributed by atoms with Crippen LogP contribution >= 0.6 is 0 Å². The van der Waals surface area contributed by atoms with E-state index in [0.29, 0.717) is 18.4 Å². The van der Waals surface area contributed by atoms with E-state index in [4.69, 9.17) is 4.74 Å². The minimum absolute atomic E-state index is 0.0351. The normalized spacial score (nSPS) is 15.8. The number of hydrogen-bond donors (Lipinski definition) is 1. The van der Waals surface area contributed by atoms with Crippen LogP contribution in [0.1, 0.15) is 24.0 Å². The second kappa shape index (κ2) is 5.62. The zero-order chi connectivity index (χ0) is 17.5. The van der Waals surface area contributed by atoms with Gasteiger partial charge in [-0.1, -0.05) is 6.07 Å². The average Bonchev–Trinajstić information content (AvgIpc) is 3.14. The van der Waals surface area contributed by atoms with Crippen LogP contribution in [0, 0.1) is 13.8 Å². The van der Waals surface area contributed by atoms with Crippen molar-refractivity contribution in [1.82, 2.24) is 14.5 Å². The number of nitrogens with one attached hydrogen (secondary N) is 1. The van der Waals surface area contributed by atoms with E-state index in [1.807, 2.05) is 6.07 Å². The predicted octanol–water partition coefficient (Wildman–Crippen LogP) is 1.50. The Labute approximate surface area is 140 Å². The molecule has 0 radical (unpaired) electrons. The number of ether oxygens (including phenoxy) is 1. The first-order valence-electron chi connectivity index (χ1n) is 7.53. The molecule has 1 aromatic carbocycles. The van der Waals surface area contributed by atoms with Crippen LogP contribution in [-0.2, 0) is 20.4 Å². The second-order valence-electron chi connectivity index (χ2n) is 6.03. The van der Waals surface area contributed by atoms with E-state index >= 15 is 0 Å². The van der Waals surface area contributed by atoms with Gasteiger partial charge in [-0.15, -0.1) is 0 Å². The first-order valence-corrected chi connectivity index (χ1v) is 9.01. The molecule has 0 saturated heterocycles. The number of carbonyl (C=O) groups is 1. The SMILES string of the molecule is COc1c(C)cc(C)cc1S(=O)(=O)NC(=O)C1(n2cccn2)CC1. The van der Waals surface area contributed by atoms with Gasteiger partial charge >= 0.3 is 0 Å². The van der Waals surface area contributed by atoms with Gasteiger partial charge < -0.3 is 4.74 Å². The number of nitrogens with zero attached hydrogens (tertiary/aromatic N) is 2. The van der Waals surface area contributed by atoms with Crippen molar-refractivity contribution in [2.24, 2.45) is 0 Å². The van der Waals surface area contributed by atoms with Gasteiger partial charge in [-0.2, -0.15) is 5.10 Å². The molecular formula is C16H19N3O4S. The summed E-state index contributed by atoms with van der Waals surface area (Å²) in [5.41, 5.74) is 0.552. The lowest BCUT2D eigenvalue weighted by molar-refractivity contribution is -0.124. The molecule has 1 aliphatic rings. The van der Waals surface area contributed by atoms with E-state index in [1.165, 1.54) is 17.9 Å². The van der Waals surface area contributed by atoms with Crippen LogP contribution in [0.4, 0.5) is 0 Å². The number of amides is 1. The average molecular weight is 349 g/mol. The zero-order valence-corrected chi connectivity index (χ0v) is 14.6. The summed E-state index contributed by atoms with van der Waals surface area (Å²) < 4.78 is 34.4. The highest BCUT2D eigenvalue weighted by molar-refractivity contribution is 7.90. The fraction of sp³-hybridized carbons (Fsp3) is 0.375. The Morgan fingerprint density at radius 2 is 2.04 bits per heavy atom. The lowest BCUT2D eigenvalue weighted by Gasteiger charge is -2.18. The fourth-order valence-corrected chi connectivity index (χ4v) is 4.22. The van der Waals surface area contributed by atoms with E-state index in [1.54, 1.807) is 32.3 Å². The fourth-order valence-electron chi connectivity index (χ4n) is 2.85. The van der Waals surface area contributed by atoms with Crippen LogP contribution in [0.2, 0.25) is 0 Å². The van der Waals surface area contributed by atoms with Crippen LogP contribution in [0.5, 0.6) is 5.75 Å². The smallest absolute Gasteiger partial charge is 0.267 e. The molecule has 0 aliphatic heterocycles. The lowest BCUT2D eigenvalue weighted by atomic mass is 10.1. The maximum absolute atomic E-state index is 12.7. The highest BCUT2D eigenvalue weighted by Crippen LogP contribution is 2.43. The van der Waals surface area contributed by atoms with Crippen molar-refractivity contribution in [1.29, 1.82) is 0 Å². The molecule has 0 spiro atoms. The summed E-state index contributed by atoms with van der Waals surface area (Å²) in [5.74, 6) is -0.336. The molecule has 1 aromatic heterocycles. The van der Waals surface area contributed by atoms with Crippen molar-refractivity contribution < 1.29 is 17.9 Å². The largest absolute Gasteiger partial charge is 0.495 e. The molecule has 24 heavy (non-hydrogen) atoms. The van der Waals surface area contributed by atoms with Crippen molar-refractivity contribution >= 4 is 15.9 Å². The quantitative estimate of drug-likeness (QED) is 0.883. The summed E-state index contributed by atoms with van der Waals surface area (Å²) in [4.78, 5) is 12.6. The molecule has 1 saturated carbocycles. The summed E-state index contributed by atoms with van der Waals surface area (Å²) in [6, 6.07) is 5.02. The Hall–Kier alpha value is -2.35. The Bertz CT molecular complexity index is 884. The standard InChI is InChI=1S/C16H19N3O4S/c1-11-9-12(2)14(23-3)13(10-11)24(21,22)18-15(20)16(5-6-16)19-8-4-7-17-19/h4,7-10H,5-6H2,1-3H3,(H,18,20). The monoisotopic (exact) mass is 349 g/mol. The number of hydrogen-bond acceptors (Lipinski definition) is 5. The molecule has 1 heterocycles. The molecule has 1 amide bonds. The van der Waals surface area contributed by atoms with Crippen LogP contribution < -0.4 is 9.46 Å². The number of aromatic nitrogens is 2. The van der Waals surface area contributed by atoms with Gasteiger partial charge in [0.1, 0.15) is 16.2 Å². The highest BCUT2D eigenvalue weighted by atomic mass is 32.2. The van der Waals surface area contributed by atoms with Crippen LogP contribution in [0.3, 0.4) is 0 Å². The zero-order valence-electron chi connectivity index (χ0n) is 13.7. The number of methoxy groups -OCH3 is 1. The number of sulfonamides is 1.